The van der Waals surface area contributed by atoms with Crippen LogP contribution in [0.3, 0.4) is 0 Å². The first-order chi connectivity index (χ1) is 25.4. The van der Waals surface area contributed by atoms with Gasteiger partial charge in [-0.15, -0.1) is 0 Å². The third-order valence-corrected chi connectivity index (χ3v) is 13.5. The fourth-order valence-corrected chi connectivity index (χ4v) is 10.7. The molecule has 1 heterocycles. The number of oxazole rings is 1. The van der Waals surface area contributed by atoms with Gasteiger partial charge in [-0.05, 0) is 22.3 Å². The number of carboxylic acid groups (broad SMARTS) is 1. The third-order valence-electron chi connectivity index (χ3n) is 8.52. The van der Waals surface area contributed by atoms with Crippen molar-refractivity contribution in [2.75, 3.05) is 55.6 Å². The minimum Gasteiger partial charge on any atom is -0.480 e. The number of benzene rings is 2. The first kappa shape index (κ1) is 43.8. The monoisotopic (exact) mass is 762 g/mol. The Balaban J connectivity index is 2.09. The molecule has 0 fully saturated rings. The highest BCUT2D eigenvalue weighted by Crippen LogP contribution is 2.40. The summed E-state index contributed by atoms with van der Waals surface area (Å²) in [7, 11) is 2.40. The Bertz CT molecular complexity index is 1420. The first-order valence-electron chi connectivity index (χ1n) is 17.1. The largest absolute Gasteiger partial charge is 0.480 e. The Hall–Kier alpha value is -3.55. The van der Waals surface area contributed by atoms with Gasteiger partial charge in [0.1, 0.15) is 33.3 Å². The molecule has 0 unspecified atom stereocenters. The van der Waals surface area contributed by atoms with Crippen LogP contribution in [0.25, 0.3) is 0 Å². The maximum absolute atomic E-state index is 14.6. The highest BCUT2D eigenvalue weighted by atomic mass is 28.4. The SMILES string of the molecule is COCO[C@@H]([C@@H](C)OCOC)[C@@H](C[C@H](OCOC)[C@H](NC(=O)[C@@H](O[Si](c1ccccc1)(c1ccccc1)C(C)(C)C)c1cnco1)C(=O)O)OCOC. The summed E-state index contributed by atoms with van der Waals surface area (Å²) < 4.78 is 57.1. The Morgan fingerprint density at radius 3 is 1.77 bits per heavy atom. The van der Waals surface area contributed by atoms with Crippen LogP contribution in [0.1, 0.15) is 46.0 Å². The molecule has 3 rings (SSSR count). The zero-order valence-electron chi connectivity index (χ0n) is 31.7. The van der Waals surface area contributed by atoms with E-state index in [0.717, 1.165) is 10.4 Å². The molecule has 0 bridgehead atoms. The summed E-state index contributed by atoms with van der Waals surface area (Å²) in [6, 6.07) is 17.8. The molecule has 53 heavy (non-hydrogen) atoms. The molecule has 294 valence electrons. The average molecular weight is 763 g/mol. The number of nitrogens with one attached hydrogen (secondary N) is 1. The molecule has 1 aromatic heterocycles. The van der Waals surface area contributed by atoms with E-state index in [1.807, 2.05) is 60.7 Å². The number of carbonyl (C=O) groups is 2. The molecule has 16 heteroatoms. The van der Waals surface area contributed by atoms with E-state index in [4.69, 9.17) is 46.7 Å². The van der Waals surface area contributed by atoms with Crippen molar-refractivity contribution in [3.63, 3.8) is 0 Å². The summed E-state index contributed by atoms with van der Waals surface area (Å²) in [5.41, 5.74) is 0. The average Bonchev–Trinajstić information content (AvgIpc) is 3.69. The maximum Gasteiger partial charge on any atom is 0.328 e. The number of methoxy groups -OCH3 is 4. The zero-order chi connectivity index (χ0) is 38.9. The molecule has 2 aromatic carbocycles. The second-order valence-corrected chi connectivity index (χ2v) is 17.4. The van der Waals surface area contributed by atoms with Gasteiger partial charge in [0.15, 0.2) is 24.3 Å². The molecule has 3 aromatic rings. The van der Waals surface area contributed by atoms with E-state index in [-0.39, 0.29) is 39.4 Å². The summed E-state index contributed by atoms with van der Waals surface area (Å²) in [6.07, 6.45) is -2.54. The summed E-state index contributed by atoms with van der Waals surface area (Å²) >= 11 is 0. The number of amides is 1. The van der Waals surface area contributed by atoms with Crippen LogP contribution >= 0.6 is 0 Å². The number of aliphatic carboxylic acids is 1. The lowest BCUT2D eigenvalue weighted by Crippen LogP contribution is -2.67. The summed E-state index contributed by atoms with van der Waals surface area (Å²) in [4.78, 5) is 31.7. The van der Waals surface area contributed by atoms with Gasteiger partial charge in [0.2, 0.25) is 0 Å². The fraction of sp³-hybridized carbons (Fsp3) is 0.541. The van der Waals surface area contributed by atoms with Gasteiger partial charge >= 0.3 is 5.97 Å². The highest BCUT2D eigenvalue weighted by Gasteiger charge is 2.53. The number of ether oxygens (including phenoxy) is 8. The van der Waals surface area contributed by atoms with Gasteiger partial charge in [-0.2, -0.15) is 0 Å². The summed E-state index contributed by atoms with van der Waals surface area (Å²) in [5, 5.41) is 14.6. The van der Waals surface area contributed by atoms with Gasteiger partial charge in [-0.1, -0.05) is 81.4 Å². The normalized spacial score (nSPS) is 15.6. The molecule has 2 N–H and O–H groups in total. The Morgan fingerprint density at radius 2 is 1.30 bits per heavy atom. The Labute approximate surface area is 312 Å². The molecular weight excluding hydrogens is 708 g/mol. The summed E-state index contributed by atoms with van der Waals surface area (Å²) in [6.45, 7) is 7.28. The highest BCUT2D eigenvalue weighted by molar-refractivity contribution is 6.99. The van der Waals surface area contributed by atoms with E-state index in [9.17, 15) is 14.7 Å². The van der Waals surface area contributed by atoms with E-state index in [1.54, 1.807) is 6.92 Å². The van der Waals surface area contributed by atoms with Crippen molar-refractivity contribution in [2.24, 2.45) is 0 Å². The van der Waals surface area contributed by atoms with Gasteiger partial charge in [0, 0.05) is 34.9 Å². The topological polar surface area (TPSA) is 176 Å². The number of aromatic nitrogens is 1. The maximum atomic E-state index is 14.6. The van der Waals surface area contributed by atoms with Gasteiger partial charge in [0.25, 0.3) is 14.2 Å². The van der Waals surface area contributed by atoms with Crippen LogP contribution in [0.5, 0.6) is 0 Å². The third kappa shape index (κ3) is 12.0. The van der Waals surface area contributed by atoms with Crippen molar-refractivity contribution in [3.8, 4) is 0 Å². The van der Waals surface area contributed by atoms with Crippen LogP contribution in [-0.4, -0.2) is 116 Å². The molecular formula is C37H54N2O13Si. The second kappa shape index (κ2) is 22.0. The van der Waals surface area contributed by atoms with Crippen molar-refractivity contribution in [1.29, 1.82) is 0 Å². The molecule has 6 atom stereocenters. The summed E-state index contributed by atoms with van der Waals surface area (Å²) in [5.74, 6) is -2.08. The molecule has 0 aliphatic carbocycles. The smallest absolute Gasteiger partial charge is 0.328 e. The van der Waals surface area contributed by atoms with Crippen molar-refractivity contribution in [3.05, 3.63) is 79.0 Å². The van der Waals surface area contributed by atoms with E-state index in [2.05, 4.69) is 31.1 Å². The van der Waals surface area contributed by atoms with Crippen LogP contribution in [-0.2, 0) is 51.9 Å². The lowest BCUT2D eigenvalue weighted by molar-refractivity contribution is -0.213. The minimum absolute atomic E-state index is 0.0449. The standard InChI is InChI=1S/C37H54N2O13Si/c1-26(48-22-43-5)33(51-25-46-8)30(50-24-45-7)19-29(49-23-44-6)32(36(41)42)39-35(40)34(31-20-38-21-47-31)52-53(37(2,3)4,27-15-11-9-12-16-27)28-17-13-10-14-18-28/h9-18,20-21,26,29-30,32-34H,19,22-25H2,1-8H3,(H,39,40)(H,41,42)/t26-,29+,30-,32+,33+,34+/m1/s1. The van der Waals surface area contributed by atoms with Crippen molar-refractivity contribution < 1.29 is 61.4 Å². The van der Waals surface area contributed by atoms with Crippen LogP contribution in [0.4, 0.5) is 0 Å². The van der Waals surface area contributed by atoms with Crippen molar-refractivity contribution in [2.45, 2.75) is 75.7 Å². The number of hydrogen-bond donors (Lipinski definition) is 2. The lowest BCUT2D eigenvalue weighted by Gasteiger charge is -2.44. The molecule has 0 aliphatic rings. The number of carbonyl (C=O) groups excluding carboxylic acids is 1. The predicted molar refractivity (Wildman–Crippen MR) is 195 cm³/mol. The molecule has 0 saturated carbocycles. The molecule has 0 aliphatic heterocycles. The quantitative estimate of drug-likeness (QED) is 0.0951. The van der Waals surface area contributed by atoms with Crippen LogP contribution in [0.15, 0.2) is 77.7 Å². The lowest BCUT2D eigenvalue weighted by atomic mass is 9.97. The van der Waals surface area contributed by atoms with Crippen LogP contribution in [0.2, 0.25) is 5.04 Å². The predicted octanol–water partition coefficient (Wildman–Crippen LogP) is 3.23. The van der Waals surface area contributed by atoms with E-state index in [1.165, 1.54) is 41.0 Å². The van der Waals surface area contributed by atoms with Gasteiger partial charge in [0.05, 0.1) is 24.5 Å². The minimum atomic E-state index is -3.38. The Kier molecular flexibility index (Phi) is 18.2. The number of carboxylic acids is 1. The zero-order valence-corrected chi connectivity index (χ0v) is 32.7. The van der Waals surface area contributed by atoms with Crippen molar-refractivity contribution in [1.82, 2.24) is 10.3 Å². The van der Waals surface area contributed by atoms with Crippen LogP contribution < -0.4 is 15.7 Å². The first-order valence-corrected chi connectivity index (χ1v) is 19.0. The number of rotatable bonds is 25. The molecule has 0 radical (unpaired) electrons. The number of hydrogen-bond acceptors (Lipinski definition) is 13. The number of nitrogens with zero attached hydrogens (tertiary/aromatic N) is 1. The molecule has 15 nitrogen and oxygen atoms in total. The van der Waals surface area contributed by atoms with Crippen molar-refractivity contribution >= 4 is 30.6 Å². The molecule has 1 amide bonds. The fourth-order valence-electron chi connectivity index (χ4n) is 6.11. The Morgan fingerprint density at radius 1 is 0.792 bits per heavy atom. The molecule has 0 saturated heterocycles. The van der Waals surface area contributed by atoms with Crippen LogP contribution in [0, 0.1) is 0 Å². The van der Waals surface area contributed by atoms with E-state index in [0.29, 0.717) is 0 Å². The van der Waals surface area contributed by atoms with E-state index < -0.39 is 61.8 Å². The van der Waals surface area contributed by atoms with Gasteiger partial charge in [-0.3, -0.25) is 4.79 Å². The second-order valence-electron chi connectivity index (χ2n) is 13.2. The van der Waals surface area contributed by atoms with Gasteiger partial charge in [-0.25, -0.2) is 9.78 Å². The van der Waals surface area contributed by atoms with E-state index >= 15 is 0 Å². The van der Waals surface area contributed by atoms with Gasteiger partial charge < -0.3 is 57.2 Å². The molecule has 0 spiro atoms.